The Morgan fingerprint density at radius 1 is 1.12 bits per heavy atom. The maximum Gasteiger partial charge on any atom is 0.211 e. The van der Waals surface area contributed by atoms with Gasteiger partial charge >= 0.3 is 0 Å². The number of aryl methyl sites for hydroxylation is 1. The summed E-state index contributed by atoms with van der Waals surface area (Å²) in [5.41, 5.74) is 2.48. The van der Waals surface area contributed by atoms with E-state index in [1.54, 1.807) is 11.3 Å². The van der Waals surface area contributed by atoms with Crippen molar-refractivity contribution in [1.82, 2.24) is 4.57 Å². The fourth-order valence-corrected chi connectivity index (χ4v) is 3.14. The van der Waals surface area contributed by atoms with Gasteiger partial charge in [-0.25, -0.2) is 0 Å². The first-order valence-corrected chi connectivity index (χ1v) is 6.80. The molecule has 0 unspecified atom stereocenters. The normalized spacial score (nSPS) is 17.0. The fourth-order valence-electron chi connectivity index (χ4n) is 2.17. The number of hydrogen-bond donors (Lipinski definition) is 0. The van der Waals surface area contributed by atoms with Gasteiger partial charge in [0, 0.05) is 12.8 Å². The van der Waals surface area contributed by atoms with Crippen LogP contribution in [0.2, 0.25) is 0 Å². The maximum atomic E-state index is 4.39. The van der Waals surface area contributed by atoms with Crippen LogP contribution >= 0.6 is 11.3 Å². The lowest BCUT2D eigenvalue weighted by molar-refractivity contribution is 0.886. The minimum absolute atomic E-state index is 0.977. The molecule has 1 aromatic carbocycles. The predicted molar refractivity (Wildman–Crippen MR) is 72.3 cm³/mol. The van der Waals surface area contributed by atoms with Gasteiger partial charge in [0.1, 0.15) is 0 Å². The highest BCUT2D eigenvalue weighted by molar-refractivity contribution is 7.16. The second-order valence-electron chi connectivity index (χ2n) is 4.38. The first-order valence-electron chi connectivity index (χ1n) is 5.98. The van der Waals surface area contributed by atoms with Crippen molar-refractivity contribution < 1.29 is 0 Å². The van der Waals surface area contributed by atoms with E-state index in [1.165, 1.54) is 28.8 Å². The molecular formula is C13H15N3S. The number of hydrogen-bond acceptors (Lipinski definition) is 3. The summed E-state index contributed by atoms with van der Waals surface area (Å²) in [4.78, 5) is 0.977. The van der Waals surface area contributed by atoms with Gasteiger partial charge in [-0.3, -0.25) is 0 Å². The van der Waals surface area contributed by atoms with Crippen LogP contribution in [0.25, 0.3) is 10.2 Å². The molecular weight excluding hydrogens is 230 g/mol. The van der Waals surface area contributed by atoms with Gasteiger partial charge in [-0.2, -0.15) is 5.10 Å². The Labute approximate surface area is 104 Å². The van der Waals surface area contributed by atoms with E-state index in [9.17, 15) is 0 Å². The summed E-state index contributed by atoms with van der Waals surface area (Å²) in [5.74, 6) is 0. The van der Waals surface area contributed by atoms with Gasteiger partial charge in [0.25, 0.3) is 0 Å². The summed E-state index contributed by atoms with van der Waals surface area (Å²) < 4.78 is 3.37. The summed E-state index contributed by atoms with van der Waals surface area (Å²) in [6, 6.07) is 8.36. The van der Waals surface area contributed by atoms with E-state index in [0.717, 1.165) is 17.6 Å². The van der Waals surface area contributed by atoms with Crippen molar-refractivity contribution in [1.29, 1.82) is 0 Å². The van der Waals surface area contributed by atoms with Gasteiger partial charge in [-0.1, -0.05) is 23.5 Å². The molecule has 0 saturated heterocycles. The summed E-state index contributed by atoms with van der Waals surface area (Å²) in [5, 5.41) is 8.78. The van der Waals surface area contributed by atoms with Crippen LogP contribution in [-0.4, -0.2) is 10.3 Å². The van der Waals surface area contributed by atoms with Gasteiger partial charge in [-0.15, -0.1) is 5.10 Å². The van der Waals surface area contributed by atoms with Gasteiger partial charge in [0.2, 0.25) is 4.80 Å². The van der Waals surface area contributed by atoms with Crippen LogP contribution in [-0.2, 0) is 7.05 Å². The van der Waals surface area contributed by atoms with Crippen molar-refractivity contribution in [2.45, 2.75) is 25.7 Å². The molecule has 4 heteroatoms. The lowest BCUT2D eigenvalue weighted by Crippen LogP contribution is -2.09. The molecule has 1 aromatic heterocycles. The van der Waals surface area contributed by atoms with E-state index >= 15 is 0 Å². The molecule has 0 spiro atoms. The molecule has 1 heterocycles. The SMILES string of the molecule is Cn1/c(=N\N=C2CCCC2)sc2ccccc21. The summed E-state index contributed by atoms with van der Waals surface area (Å²) >= 11 is 1.70. The van der Waals surface area contributed by atoms with Crippen molar-refractivity contribution >= 4 is 27.3 Å². The van der Waals surface area contributed by atoms with Crippen LogP contribution in [0, 0.1) is 0 Å². The summed E-state index contributed by atoms with van der Waals surface area (Å²) in [6.45, 7) is 0. The molecule has 0 aliphatic heterocycles. The molecule has 88 valence electrons. The largest absolute Gasteiger partial charge is 0.318 e. The van der Waals surface area contributed by atoms with E-state index in [-0.39, 0.29) is 0 Å². The molecule has 1 saturated carbocycles. The number of benzene rings is 1. The zero-order valence-corrected chi connectivity index (χ0v) is 10.7. The van der Waals surface area contributed by atoms with E-state index < -0.39 is 0 Å². The maximum absolute atomic E-state index is 4.39. The van der Waals surface area contributed by atoms with Crippen LogP contribution < -0.4 is 4.80 Å². The predicted octanol–water partition coefficient (Wildman–Crippen LogP) is 3.07. The number of nitrogens with zero attached hydrogens (tertiary/aromatic N) is 3. The van der Waals surface area contributed by atoms with Crippen LogP contribution in [0.4, 0.5) is 0 Å². The first-order chi connectivity index (χ1) is 8.34. The molecule has 0 radical (unpaired) electrons. The Kier molecular flexibility index (Phi) is 2.81. The molecule has 1 fully saturated rings. The van der Waals surface area contributed by atoms with E-state index in [4.69, 9.17) is 0 Å². The fraction of sp³-hybridized carbons (Fsp3) is 0.385. The van der Waals surface area contributed by atoms with Gasteiger partial charge in [-0.05, 0) is 37.8 Å². The molecule has 1 aliphatic rings. The average molecular weight is 245 g/mol. The number of thiazole rings is 1. The van der Waals surface area contributed by atoms with Gasteiger partial charge < -0.3 is 4.57 Å². The summed E-state index contributed by atoms with van der Waals surface area (Å²) in [7, 11) is 2.05. The third-order valence-electron chi connectivity index (χ3n) is 3.17. The van der Waals surface area contributed by atoms with Crippen LogP contribution in [0.5, 0.6) is 0 Å². The second-order valence-corrected chi connectivity index (χ2v) is 5.39. The first kappa shape index (κ1) is 10.7. The average Bonchev–Trinajstić information content (AvgIpc) is 2.96. The topological polar surface area (TPSA) is 29.6 Å². The highest BCUT2D eigenvalue weighted by Gasteiger charge is 2.07. The summed E-state index contributed by atoms with van der Waals surface area (Å²) in [6.07, 6.45) is 4.79. The number of aromatic nitrogens is 1. The zero-order valence-electron chi connectivity index (χ0n) is 9.89. The highest BCUT2D eigenvalue weighted by Crippen LogP contribution is 2.16. The Balaban J connectivity index is 2.08. The molecule has 3 rings (SSSR count). The van der Waals surface area contributed by atoms with E-state index in [1.807, 2.05) is 7.05 Å². The van der Waals surface area contributed by atoms with Gasteiger partial charge in [0.05, 0.1) is 10.2 Å². The lowest BCUT2D eigenvalue weighted by Gasteiger charge is -1.93. The molecule has 1 aliphatic carbocycles. The monoisotopic (exact) mass is 245 g/mol. The van der Waals surface area contributed by atoms with Crippen molar-refractivity contribution in [3.8, 4) is 0 Å². The van der Waals surface area contributed by atoms with E-state index in [0.29, 0.717) is 0 Å². The van der Waals surface area contributed by atoms with Crippen LogP contribution in [0.15, 0.2) is 34.5 Å². The molecule has 3 nitrogen and oxygen atoms in total. The molecule has 0 bridgehead atoms. The Morgan fingerprint density at radius 3 is 2.65 bits per heavy atom. The number of rotatable bonds is 1. The van der Waals surface area contributed by atoms with Crippen LogP contribution in [0.1, 0.15) is 25.7 Å². The minimum Gasteiger partial charge on any atom is -0.318 e. The molecule has 0 N–H and O–H groups in total. The third-order valence-corrected chi connectivity index (χ3v) is 4.28. The molecule has 2 aromatic rings. The molecule has 0 amide bonds. The quantitative estimate of drug-likeness (QED) is 0.691. The van der Waals surface area contributed by atoms with Crippen molar-refractivity contribution in [2.75, 3.05) is 0 Å². The Hall–Kier alpha value is -1.42. The Bertz CT molecular complexity index is 625. The van der Waals surface area contributed by atoms with E-state index in [2.05, 4.69) is 39.0 Å². The lowest BCUT2D eigenvalue weighted by atomic mass is 10.3. The number of fused-ring (bicyclic) bond motifs is 1. The van der Waals surface area contributed by atoms with Crippen molar-refractivity contribution in [3.05, 3.63) is 29.1 Å². The second kappa shape index (κ2) is 4.45. The number of para-hydroxylation sites is 1. The van der Waals surface area contributed by atoms with Gasteiger partial charge in [0.15, 0.2) is 0 Å². The van der Waals surface area contributed by atoms with Crippen LogP contribution in [0.3, 0.4) is 0 Å². The van der Waals surface area contributed by atoms with Crippen molar-refractivity contribution in [2.24, 2.45) is 17.3 Å². The Morgan fingerprint density at radius 2 is 1.88 bits per heavy atom. The third kappa shape index (κ3) is 2.05. The van der Waals surface area contributed by atoms with Crippen molar-refractivity contribution in [3.63, 3.8) is 0 Å². The molecule has 17 heavy (non-hydrogen) atoms. The highest BCUT2D eigenvalue weighted by atomic mass is 32.1. The minimum atomic E-state index is 0.977. The standard InChI is InChI=1S/C13H15N3S/c1-16-11-8-4-5-9-12(11)17-13(16)15-14-10-6-2-3-7-10/h4-5,8-9H,2-3,6-7H2,1H3/b15-13+. The zero-order chi connectivity index (χ0) is 11.7. The smallest absolute Gasteiger partial charge is 0.211 e. The molecule has 0 atom stereocenters.